The van der Waals surface area contributed by atoms with Crippen LogP contribution >= 0.6 is 0 Å². The lowest BCUT2D eigenvalue weighted by Crippen LogP contribution is -2.45. The Labute approximate surface area is 129 Å². The highest BCUT2D eigenvalue weighted by molar-refractivity contribution is 5.94. The molecule has 116 valence electrons. The number of rotatable bonds is 4. The third-order valence-corrected chi connectivity index (χ3v) is 4.48. The Morgan fingerprint density at radius 2 is 1.91 bits per heavy atom. The monoisotopic (exact) mass is 302 g/mol. The van der Waals surface area contributed by atoms with E-state index >= 15 is 0 Å². The highest BCUT2D eigenvalue weighted by Crippen LogP contribution is 2.40. The van der Waals surface area contributed by atoms with Crippen LogP contribution in [0.4, 0.5) is 10.1 Å². The number of amides is 1. The van der Waals surface area contributed by atoms with Gasteiger partial charge in [0.1, 0.15) is 11.6 Å². The van der Waals surface area contributed by atoms with Gasteiger partial charge in [0, 0.05) is 24.3 Å². The minimum atomic E-state index is -0.875. The SMILES string of the molecule is [C-]#[N+]c1cc(F)cc(C(C)(C)C(=O)C2CC(C(=O)NC)C2)c1. The molecule has 1 saturated carbocycles. The smallest absolute Gasteiger partial charge is 0.222 e. The molecule has 0 saturated heterocycles. The van der Waals surface area contributed by atoms with E-state index in [9.17, 15) is 14.0 Å². The Balaban J connectivity index is 2.17. The fourth-order valence-corrected chi connectivity index (χ4v) is 2.90. The summed E-state index contributed by atoms with van der Waals surface area (Å²) in [7, 11) is 1.58. The van der Waals surface area contributed by atoms with E-state index in [1.54, 1.807) is 27.0 Å². The lowest BCUT2D eigenvalue weighted by atomic mass is 9.65. The lowest BCUT2D eigenvalue weighted by molar-refractivity contribution is -0.137. The average molecular weight is 302 g/mol. The molecule has 0 aromatic heterocycles. The number of nitrogens with zero attached hydrogens (tertiary/aromatic N) is 1. The zero-order valence-electron chi connectivity index (χ0n) is 12.9. The maximum absolute atomic E-state index is 13.6. The summed E-state index contributed by atoms with van der Waals surface area (Å²) in [6.07, 6.45) is 1.07. The van der Waals surface area contributed by atoms with E-state index in [0.29, 0.717) is 18.4 Å². The van der Waals surface area contributed by atoms with Crippen molar-refractivity contribution in [2.75, 3.05) is 7.05 Å². The molecule has 0 unspecified atom stereocenters. The summed E-state index contributed by atoms with van der Waals surface area (Å²) in [4.78, 5) is 27.4. The summed E-state index contributed by atoms with van der Waals surface area (Å²) in [6.45, 7) is 10.5. The van der Waals surface area contributed by atoms with Crippen LogP contribution < -0.4 is 5.32 Å². The van der Waals surface area contributed by atoms with Gasteiger partial charge in [-0.15, -0.1) is 0 Å². The Bertz CT molecular complexity index is 655. The Kier molecular flexibility index (Phi) is 4.32. The molecule has 2 rings (SSSR count). The molecule has 1 aromatic carbocycles. The van der Waals surface area contributed by atoms with Gasteiger partial charge in [0.15, 0.2) is 5.69 Å². The molecule has 1 fully saturated rings. The molecule has 4 nitrogen and oxygen atoms in total. The number of ketones is 1. The molecular formula is C17H19FN2O2. The van der Waals surface area contributed by atoms with Gasteiger partial charge < -0.3 is 5.32 Å². The van der Waals surface area contributed by atoms with Crippen molar-refractivity contribution in [1.29, 1.82) is 0 Å². The first kappa shape index (κ1) is 16.2. The standard InChI is InChI=1S/C17H19FN2O2/c1-17(2,12-7-13(18)9-14(8-12)19-3)15(21)10-5-11(6-10)16(22)20-4/h7-11H,5-6H2,1-2,4H3,(H,20,22). The molecule has 1 amide bonds. The van der Waals surface area contributed by atoms with Crippen LogP contribution in [0.1, 0.15) is 32.3 Å². The van der Waals surface area contributed by atoms with Crippen molar-refractivity contribution >= 4 is 17.4 Å². The largest absolute Gasteiger partial charge is 0.359 e. The molecular weight excluding hydrogens is 283 g/mol. The second kappa shape index (κ2) is 5.88. The molecule has 1 aliphatic carbocycles. The summed E-state index contributed by atoms with van der Waals surface area (Å²) >= 11 is 0. The molecule has 0 bridgehead atoms. The second-order valence-corrected chi connectivity index (χ2v) is 6.28. The lowest BCUT2D eigenvalue weighted by Gasteiger charge is -2.38. The van der Waals surface area contributed by atoms with Gasteiger partial charge in [-0.25, -0.2) is 9.24 Å². The number of benzene rings is 1. The highest BCUT2D eigenvalue weighted by Gasteiger charge is 2.44. The Morgan fingerprint density at radius 3 is 2.45 bits per heavy atom. The van der Waals surface area contributed by atoms with Gasteiger partial charge in [-0.3, -0.25) is 9.59 Å². The number of halogens is 1. The predicted octanol–water partition coefficient (Wildman–Crippen LogP) is 3.00. The first-order valence-corrected chi connectivity index (χ1v) is 7.24. The average Bonchev–Trinajstić information content (AvgIpc) is 2.44. The van der Waals surface area contributed by atoms with E-state index < -0.39 is 11.2 Å². The molecule has 0 spiro atoms. The van der Waals surface area contributed by atoms with Crippen LogP contribution in [-0.2, 0) is 15.0 Å². The summed E-state index contributed by atoms with van der Waals surface area (Å²) in [6, 6.07) is 4.02. The molecule has 0 heterocycles. The summed E-state index contributed by atoms with van der Waals surface area (Å²) in [5.74, 6) is -0.851. The molecule has 1 aliphatic rings. The minimum absolute atomic E-state index is 0.00539. The number of nitrogens with one attached hydrogen (secondary N) is 1. The number of hydrogen-bond acceptors (Lipinski definition) is 2. The van der Waals surface area contributed by atoms with Crippen LogP contribution in [0.25, 0.3) is 4.85 Å². The van der Waals surface area contributed by atoms with Crippen molar-refractivity contribution in [1.82, 2.24) is 5.32 Å². The number of Topliss-reactive ketones (excluding diaryl/α,β-unsaturated/α-hetero) is 1. The van der Waals surface area contributed by atoms with Gasteiger partial charge in [0.2, 0.25) is 5.91 Å². The first-order chi connectivity index (χ1) is 10.3. The van der Waals surface area contributed by atoms with Crippen LogP contribution in [0.2, 0.25) is 0 Å². The maximum Gasteiger partial charge on any atom is 0.222 e. The van der Waals surface area contributed by atoms with Gasteiger partial charge in [-0.05, 0) is 44.4 Å². The molecule has 0 radical (unpaired) electrons. The zero-order valence-corrected chi connectivity index (χ0v) is 12.9. The van der Waals surface area contributed by atoms with E-state index in [1.165, 1.54) is 6.07 Å². The second-order valence-electron chi connectivity index (χ2n) is 6.28. The zero-order chi connectivity index (χ0) is 16.5. The molecule has 22 heavy (non-hydrogen) atoms. The fourth-order valence-electron chi connectivity index (χ4n) is 2.90. The van der Waals surface area contributed by atoms with E-state index in [4.69, 9.17) is 6.57 Å². The van der Waals surface area contributed by atoms with Crippen LogP contribution in [-0.4, -0.2) is 18.7 Å². The molecule has 0 atom stereocenters. The van der Waals surface area contributed by atoms with Gasteiger partial charge >= 0.3 is 0 Å². The van der Waals surface area contributed by atoms with Crippen LogP contribution in [0.5, 0.6) is 0 Å². The van der Waals surface area contributed by atoms with Crippen molar-refractivity contribution in [2.45, 2.75) is 32.1 Å². The summed E-state index contributed by atoms with van der Waals surface area (Å²) < 4.78 is 13.6. The minimum Gasteiger partial charge on any atom is -0.359 e. The quantitative estimate of drug-likeness (QED) is 0.869. The van der Waals surface area contributed by atoms with Crippen LogP contribution in [0.15, 0.2) is 18.2 Å². The van der Waals surface area contributed by atoms with Gasteiger partial charge in [0.25, 0.3) is 0 Å². The van der Waals surface area contributed by atoms with Crippen molar-refractivity contribution in [2.24, 2.45) is 11.8 Å². The van der Waals surface area contributed by atoms with Crippen LogP contribution in [0, 0.1) is 24.2 Å². The predicted molar refractivity (Wildman–Crippen MR) is 81.0 cm³/mol. The highest BCUT2D eigenvalue weighted by atomic mass is 19.1. The number of carbonyl (C=O) groups is 2. The van der Waals surface area contributed by atoms with Crippen molar-refractivity contribution in [3.63, 3.8) is 0 Å². The maximum atomic E-state index is 13.6. The van der Waals surface area contributed by atoms with Gasteiger partial charge in [-0.1, -0.05) is 6.07 Å². The van der Waals surface area contributed by atoms with Crippen LogP contribution in [0.3, 0.4) is 0 Å². The van der Waals surface area contributed by atoms with Gasteiger partial charge in [0.05, 0.1) is 6.57 Å². The molecule has 1 N–H and O–H groups in total. The third-order valence-electron chi connectivity index (χ3n) is 4.48. The van der Waals surface area contributed by atoms with Crippen molar-refractivity contribution in [3.05, 3.63) is 41.0 Å². The summed E-state index contributed by atoms with van der Waals surface area (Å²) in [5.41, 5.74) is -0.181. The summed E-state index contributed by atoms with van der Waals surface area (Å²) in [5, 5.41) is 2.59. The fraction of sp³-hybridized carbons (Fsp3) is 0.471. The molecule has 5 heteroatoms. The molecule has 0 aliphatic heterocycles. The first-order valence-electron chi connectivity index (χ1n) is 7.24. The third kappa shape index (κ3) is 2.87. The Morgan fingerprint density at radius 1 is 1.27 bits per heavy atom. The van der Waals surface area contributed by atoms with E-state index in [1.807, 2.05) is 0 Å². The van der Waals surface area contributed by atoms with E-state index in [-0.39, 0.29) is 29.2 Å². The van der Waals surface area contributed by atoms with Gasteiger partial charge in [-0.2, -0.15) is 0 Å². The van der Waals surface area contributed by atoms with Crippen molar-refractivity contribution in [3.8, 4) is 0 Å². The van der Waals surface area contributed by atoms with E-state index in [2.05, 4.69) is 10.2 Å². The number of hydrogen-bond donors (Lipinski definition) is 1. The normalized spacial score (nSPS) is 20.7. The Hall–Kier alpha value is -2.22. The number of carbonyl (C=O) groups excluding carboxylic acids is 2. The topological polar surface area (TPSA) is 50.5 Å². The van der Waals surface area contributed by atoms with Crippen molar-refractivity contribution < 1.29 is 14.0 Å². The van der Waals surface area contributed by atoms with E-state index in [0.717, 1.165) is 6.07 Å². The molecule has 1 aromatic rings.